The van der Waals surface area contributed by atoms with Gasteiger partial charge in [-0.05, 0) is 31.0 Å². The lowest BCUT2D eigenvalue weighted by molar-refractivity contribution is 0.259. The molecule has 0 aromatic heterocycles. The van der Waals surface area contributed by atoms with Crippen molar-refractivity contribution in [2.75, 3.05) is 18.9 Å². The second-order valence-corrected chi connectivity index (χ2v) is 4.35. The number of hydrogen-bond acceptors (Lipinski definition) is 1. The van der Waals surface area contributed by atoms with E-state index in [0.717, 1.165) is 36.5 Å². The Hall–Kier alpha value is -1.84. The van der Waals surface area contributed by atoms with E-state index < -0.39 is 0 Å². The first-order valence-corrected chi connectivity index (χ1v) is 5.81. The van der Waals surface area contributed by atoms with E-state index in [1.807, 2.05) is 43.1 Å². The highest BCUT2D eigenvalue weighted by Crippen LogP contribution is 2.12. The van der Waals surface area contributed by atoms with Gasteiger partial charge in [-0.25, -0.2) is 4.79 Å². The Labute approximate surface area is 101 Å². The molecular weight excluding hydrogens is 214 g/mol. The van der Waals surface area contributed by atoms with E-state index in [4.69, 9.17) is 0 Å². The van der Waals surface area contributed by atoms with Crippen LogP contribution in [0.25, 0.3) is 0 Å². The van der Waals surface area contributed by atoms with Gasteiger partial charge in [0.15, 0.2) is 0 Å². The van der Waals surface area contributed by atoms with E-state index in [2.05, 4.69) is 10.3 Å². The number of aliphatic imine (C=N–C) groups is 1. The van der Waals surface area contributed by atoms with Gasteiger partial charge in [-0.1, -0.05) is 12.1 Å². The minimum atomic E-state index is -0.292. The van der Waals surface area contributed by atoms with Gasteiger partial charge in [-0.2, -0.15) is 4.99 Å². The summed E-state index contributed by atoms with van der Waals surface area (Å²) in [6.45, 7) is 2.98. The lowest BCUT2D eigenvalue weighted by Gasteiger charge is -2.10. The van der Waals surface area contributed by atoms with Crippen molar-refractivity contribution in [1.29, 1.82) is 0 Å². The number of rotatable bonds is 1. The van der Waals surface area contributed by atoms with Crippen LogP contribution in [0.15, 0.2) is 29.3 Å². The summed E-state index contributed by atoms with van der Waals surface area (Å²) in [5, 5.41) is 2.78. The third kappa shape index (κ3) is 3.06. The summed E-state index contributed by atoms with van der Waals surface area (Å²) in [4.78, 5) is 17.8. The Bertz CT molecular complexity index is 454. The van der Waals surface area contributed by atoms with Crippen LogP contribution in [0.1, 0.15) is 18.4 Å². The van der Waals surface area contributed by atoms with Gasteiger partial charge in [-0.3, -0.25) is 0 Å². The Morgan fingerprint density at radius 2 is 2.29 bits per heavy atom. The molecule has 0 spiro atoms. The maximum absolute atomic E-state index is 11.7. The molecule has 1 aromatic carbocycles. The predicted octanol–water partition coefficient (Wildman–Crippen LogP) is 2.65. The molecule has 0 aliphatic carbocycles. The first-order valence-electron chi connectivity index (χ1n) is 5.81. The number of aryl methyl sites for hydroxylation is 1. The Kier molecular flexibility index (Phi) is 3.42. The van der Waals surface area contributed by atoms with Gasteiger partial charge in [0.2, 0.25) is 0 Å². The number of urea groups is 1. The van der Waals surface area contributed by atoms with Crippen LogP contribution in [-0.4, -0.2) is 30.4 Å². The first kappa shape index (κ1) is 11.6. The average Bonchev–Trinajstić information content (AvgIpc) is 2.64. The highest BCUT2D eigenvalue weighted by atomic mass is 16.2. The molecule has 4 heteroatoms. The Balaban J connectivity index is 2.02. The molecule has 17 heavy (non-hydrogen) atoms. The molecule has 1 aromatic rings. The number of amides is 2. The molecule has 2 amide bonds. The highest BCUT2D eigenvalue weighted by molar-refractivity contribution is 6.00. The van der Waals surface area contributed by atoms with Crippen LogP contribution in [0.3, 0.4) is 0 Å². The SMILES string of the molecule is Cc1cccc(NC(=O)/N=C2\CCCN2C)c1. The molecule has 0 saturated carbocycles. The molecule has 0 bridgehead atoms. The fourth-order valence-corrected chi connectivity index (χ4v) is 1.93. The number of nitrogens with one attached hydrogen (secondary N) is 1. The zero-order valence-electron chi connectivity index (χ0n) is 10.2. The van der Waals surface area contributed by atoms with Crippen molar-refractivity contribution in [3.05, 3.63) is 29.8 Å². The molecule has 1 N–H and O–H groups in total. The van der Waals surface area contributed by atoms with Crippen molar-refractivity contribution in [3.8, 4) is 0 Å². The lowest BCUT2D eigenvalue weighted by atomic mass is 10.2. The van der Waals surface area contributed by atoms with Crippen LogP contribution in [0.4, 0.5) is 10.5 Å². The summed E-state index contributed by atoms with van der Waals surface area (Å²) in [5.41, 5.74) is 1.91. The number of benzene rings is 1. The molecule has 2 rings (SSSR count). The van der Waals surface area contributed by atoms with Gasteiger partial charge < -0.3 is 10.2 Å². The summed E-state index contributed by atoms with van der Waals surface area (Å²) < 4.78 is 0. The molecule has 90 valence electrons. The van der Waals surface area contributed by atoms with E-state index in [-0.39, 0.29) is 6.03 Å². The smallest absolute Gasteiger partial charge is 0.347 e. The number of nitrogens with zero attached hydrogens (tertiary/aromatic N) is 2. The second-order valence-electron chi connectivity index (χ2n) is 4.35. The minimum Gasteiger partial charge on any atom is -0.363 e. The molecule has 0 radical (unpaired) electrons. The maximum Gasteiger partial charge on any atom is 0.347 e. The number of carbonyl (C=O) groups is 1. The van der Waals surface area contributed by atoms with Gasteiger partial charge in [0, 0.05) is 25.7 Å². The quantitative estimate of drug-likeness (QED) is 0.807. The summed E-state index contributed by atoms with van der Waals surface area (Å²) in [6, 6.07) is 7.41. The van der Waals surface area contributed by atoms with Crippen molar-refractivity contribution in [2.24, 2.45) is 4.99 Å². The van der Waals surface area contributed by atoms with Crippen molar-refractivity contribution in [3.63, 3.8) is 0 Å². The van der Waals surface area contributed by atoms with Crippen LogP contribution in [0.2, 0.25) is 0 Å². The molecule has 0 atom stereocenters. The molecule has 1 aliphatic heterocycles. The first-order chi connectivity index (χ1) is 8.15. The van der Waals surface area contributed by atoms with Crippen molar-refractivity contribution in [1.82, 2.24) is 4.90 Å². The van der Waals surface area contributed by atoms with Crippen molar-refractivity contribution >= 4 is 17.6 Å². The summed E-state index contributed by atoms with van der Waals surface area (Å²) >= 11 is 0. The number of carbonyl (C=O) groups excluding carboxylic acids is 1. The van der Waals surface area contributed by atoms with Gasteiger partial charge in [0.05, 0.1) is 0 Å². The Morgan fingerprint density at radius 3 is 2.94 bits per heavy atom. The van der Waals surface area contributed by atoms with E-state index in [0.29, 0.717) is 0 Å². The van der Waals surface area contributed by atoms with Crippen molar-refractivity contribution < 1.29 is 4.79 Å². The molecular formula is C13H17N3O. The molecule has 1 fully saturated rings. The molecule has 0 unspecified atom stereocenters. The number of likely N-dealkylation sites (tertiary alicyclic amines) is 1. The van der Waals surface area contributed by atoms with Crippen LogP contribution >= 0.6 is 0 Å². The summed E-state index contributed by atoms with van der Waals surface area (Å²) in [6.07, 6.45) is 1.96. The van der Waals surface area contributed by atoms with E-state index >= 15 is 0 Å². The minimum absolute atomic E-state index is 0.292. The van der Waals surface area contributed by atoms with Crippen LogP contribution < -0.4 is 5.32 Å². The fourth-order valence-electron chi connectivity index (χ4n) is 1.93. The number of amidine groups is 1. The maximum atomic E-state index is 11.7. The fraction of sp³-hybridized carbons (Fsp3) is 0.385. The third-order valence-corrected chi connectivity index (χ3v) is 2.83. The molecule has 1 saturated heterocycles. The molecule has 1 aliphatic rings. The second kappa shape index (κ2) is 4.99. The van der Waals surface area contributed by atoms with Gasteiger partial charge in [0.1, 0.15) is 5.84 Å². The van der Waals surface area contributed by atoms with Crippen molar-refractivity contribution in [2.45, 2.75) is 19.8 Å². The normalized spacial score (nSPS) is 17.5. The van der Waals surface area contributed by atoms with Gasteiger partial charge >= 0.3 is 6.03 Å². The van der Waals surface area contributed by atoms with Gasteiger partial charge in [-0.15, -0.1) is 0 Å². The van der Waals surface area contributed by atoms with E-state index in [1.165, 1.54) is 0 Å². The molecule has 1 heterocycles. The number of anilines is 1. The monoisotopic (exact) mass is 231 g/mol. The van der Waals surface area contributed by atoms with Crippen LogP contribution in [-0.2, 0) is 0 Å². The van der Waals surface area contributed by atoms with Crippen LogP contribution in [0.5, 0.6) is 0 Å². The van der Waals surface area contributed by atoms with Crippen LogP contribution in [0, 0.1) is 6.92 Å². The number of hydrogen-bond donors (Lipinski definition) is 1. The third-order valence-electron chi connectivity index (χ3n) is 2.83. The topological polar surface area (TPSA) is 44.7 Å². The Morgan fingerprint density at radius 1 is 1.47 bits per heavy atom. The van der Waals surface area contributed by atoms with E-state index in [1.54, 1.807) is 0 Å². The summed E-state index contributed by atoms with van der Waals surface area (Å²) in [5.74, 6) is 0.871. The molecule has 4 nitrogen and oxygen atoms in total. The standard InChI is InChI=1S/C13H17N3O/c1-10-5-3-6-11(9-10)14-13(17)15-12-7-4-8-16(12)2/h3,5-6,9H,4,7-8H2,1-2H3,(H,14,17)/b15-12+. The average molecular weight is 231 g/mol. The predicted molar refractivity (Wildman–Crippen MR) is 69.5 cm³/mol. The summed E-state index contributed by atoms with van der Waals surface area (Å²) in [7, 11) is 1.96. The highest BCUT2D eigenvalue weighted by Gasteiger charge is 2.15. The van der Waals surface area contributed by atoms with Gasteiger partial charge in [0.25, 0.3) is 0 Å². The zero-order chi connectivity index (χ0) is 12.3. The zero-order valence-corrected chi connectivity index (χ0v) is 10.2. The largest absolute Gasteiger partial charge is 0.363 e. The van der Waals surface area contributed by atoms with E-state index in [9.17, 15) is 4.79 Å². The lowest BCUT2D eigenvalue weighted by Crippen LogP contribution is -2.21.